The van der Waals surface area contributed by atoms with Crippen molar-refractivity contribution < 1.29 is 23.1 Å². The number of fused-ring (bicyclic) bond motifs is 1. The molecule has 4 rings (SSSR count). The van der Waals surface area contributed by atoms with E-state index < -0.39 is 40.2 Å². The maximum absolute atomic E-state index is 13.2. The SMILES string of the molecule is O=C1C=C(CO)C2C(C1=O)C(c1ccccc1)=NN2S(=O)(=O)c1ccccc1. The Bertz CT molecular complexity index is 1110. The molecule has 7 nitrogen and oxygen atoms in total. The molecule has 8 heteroatoms. The number of sulfonamides is 1. The first kappa shape index (κ1) is 18.3. The number of aliphatic hydroxyl groups is 1. The molecule has 0 fully saturated rings. The molecule has 2 unspecified atom stereocenters. The molecule has 28 heavy (non-hydrogen) atoms. The molecule has 2 atom stereocenters. The highest BCUT2D eigenvalue weighted by atomic mass is 32.2. The molecule has 1 aliphatic heterocycles. The largest absolute Gasteiger partial charge is 0.392 e. The van der Waals surface area contributed by atoms with Gasteiger partial charge >= 0.3 is 0 Å². The van der Waals surface area contributed by atoms with Crippen molar-refractivity contribution in [3.05, 3.63) is 77.9 Å². The van der Waals surface area contributed by atoms with E-state index >= 15 is 0 Å². The van der Waals surface area contributed by atoms with Crippen molar-refractivity contribution in [2.24, 2.45) is 11.0 Å². The molecule has 0 spiro atoms. The van der Waals surface area contributed by atoms with Gasteiger partial charge in [0.2, 0.25) is 11.6 Å². The number of hydrazone groups is 1. The monoisotopic (exact) mass is 396 g/mol. The smallest absolute Gasteiger partial charge is 0.279 e. The van der Waals surface area contributed by atoms with Crippen LogP contribution in [-0.4, -0.2) is 47.9 Å². The van der Waals surface area contributed by atoms with Crippen LogP contribution in [0.1, 0.15) is 5.56 Å². The number of hydrogen-bond acceptors (Lipinski definition) is 6. The Labute approximate surface area is 161 Å². The summed E-state index contributed by atoms with van der Waals surface area (Å²) in [6.07, 6.45) is 1.01. The maximum Gasteiger partial charge on any atom is 0.279 e. The van der Waals surface area contributed by atoms with Crippen molar-refractivity contribution in [1.29, 1.82) is 0 Å². The zero-order valence-corrected chi connectivity index (χ0v) is 15.4. The van der Waals surface area contributed by atoms with E-state index in [4.69, 9.17) is 0 Å². The Balaban J connectivity index is 1.92. The number of aliphatic hydroxyl groups excluding tert-OH is 1. The zero-order valence-electron chi connectivity index (χ0n) is 14.6. The molecule has 0 saturated carbocycles. The second-order valence-corrected chi connectivity index (χ2v) is 8.27. The number of carbonyl (C=O) groups excluding carboxylic acids is 2. The highest BCUT2D eigenvalue weighted by molar-refractivity contribution is 7.89. The number of rotatable bonds is 4. The van der Waals surface area contributed by atoms with Crippen LogP contribution in [0.15, 0.2) is 82.3 Å². The third-order valence-electron chi connectivity index (χ3n) is 4.82. The van der Waals surface area contributed by atoms with Gasteiger partial charge < -0.3 is 5.11 Å². The normalized spacial score (nSPS) is 22.0. The predicted molar refractivity (Wildman–Crippen MR) is 101 cm³/mol. The van der Waals surface area contributed by atoms with Gasteiger partial charge in [0.15, 0.2) is 0 Å². The average Bonchev–Trinajstić information content (AvgIpc) is 3.14. The van der Waals surface area contributed by atoms with Gasteiger partial charge in [0.05, 0.1) is 23.1 Å². The Kier molecular flexibility index (Phi) is 4.44. The summed E-state index contributed by atoms with van der Waals surface area (Å²) < 4.78 is 27.3. The van der Waals surface area contributed by atoms with E-state index in [0.717, 1.165) is 10.5 Å². The second kappa shape index (κ2) is 6.81. The Morgan fingerprint density at radius 3 is 2.18 bits per heavy atom. The minimum Gasteiger partial charge on any atom is -0.392 e. The van der Waals surface area contributed by atoms with Crippen molar-refractivity contribution in [2.75, 3.05) is 6.61 Å². The molecule has 1 aliphatic carbocycles. The second-order valence-electron chi connectivity index (χ2n) is 6.47. The summed E-state index contributed by atoms with van der Waals surface area (Å²) in [6, 6.07) is 15.3. The molecule has 2 aromatic carbocycles. The molecule has 0 bridgehead atoms. The predicted octanol–water partition coefficient (Wildman–Crippen LogP) is 1.15. The summed E-state index contributed by atoms with van der Waals surface area (Å²) in [6.45, 7) is -0.557. The van der Waals surface area contributed by atoms with Gasteiger partial charge in [-0.3, -0.25) is 9.59 Å². The van der Waals surface area contributed by atoms with Crippen LogP contribution in [0.5, 0.6) is 0 Å². The number of allylic oxidation sites excluding steroid dienone is 1. The number of benzene rings is 2. The molecule has 2 aromatic rings. The van der Waals surface area contributed by atoms with Gasteiger partial charge in [0.1, 0.15) is 6.04 Å². The minimum absolute atomic E-state index is 0.00782. The van der Waals surface area contributed by atoms with Crippen LogP contribution < -0.4 is 0 Å². The van der Waals surface area contributed by atoms with Crippen molar-refractivity contribution in [3.63, 3.8) is 0 Å². The first-order valence-corrected chi connectivity index (χ1v) is 10.0. The van der Waals surface area contributed by atoms with Gasteiger partial charge in [-0.2, -0.15) is 17.9 Å². The van der Waals surface area contributed by atoms with Crippen LogP contribution in [0, 0.1) is 5.92 Å². The molecule has 1 heterocycles. The topological polar surface area (TPSA) is 104 Å². The van der Waals surface area contributed by atoms with Gasteiger partial charge in [-0.15, -0.1) is 0 Å². The van der Waals surface area contributed by atoms with Gasteiger partial charge in [-0.25, -0.2) is 0 Å². The van der Waals surface area contributed by atoms with Crippen LogP contribution in [0.2, 0.25) is 0 Å². The molecular formula is C20H16N2O5S. The maximum atomic E-state index is 13.2. The lowest BCUT2D eigenvalue weighted by Crippen LogP contribution is -2.47. The quantitative estimate of drug-likeness (QED) is 0.781. The number of Topliss-reactive ketones (excluding diaryl/α,β-unsaturated/α-hetero) is 1. The van der Waals surface area contributed by atoms with Gasteiger partial charge in [-0.05, 0) is 29.3 Å². The van der Waals surface area contributed by atoms with Crippen molar-refractivity contribution in [2.45, 2.75) is 10.9 Å². The molecule has 0 radical (unpaired) electrons. The lowest BCUT2D eigenvalue weighted by molar-refractivity contribution is -0.136. The standard InChI is InChI=1S/C20H16N2O5S/c23-12-14-11-16(24)20(25)17-18(13-7-3-1-4-8-13)21-22(19(14)17)28(26,27)15-9-5-2-6-10-15/h1-11,17,19,23H,12H2. The summed E-state index contributed by atoms with van der Waals surface area (Å²) in [4.78, 5) is 24.8. The molecule has 1 N–H and O–H groups in total. The minimum atomic E-state index is -4.10. The molecule has 0 saturated heterocycles. The Morgan fingerprint density at radius 1 is 0.964 bits per heavy atom. The molecule has 0 aromatic heterocycles. The first-order chi connectivity index (χ1) is 13.4. The summed E-state index contributed by atoms with van der Waals surface area (Å²) in [5.74, 6) is -2.61. The van der Waals surface area contributed by atoms with Crippen LogP contribution >= 0.6 is 0 Å². The molecular weight excluding hydrogens is 380 g/mol. The highest BCUT2D eigenvalue weighted by Crippen LogP contribution is 2.37. The number of carbonyl (C=O) groups is 2. The van der Waals surface area contributed by atoms with E-state index in [2.05, 4.69) is 5.10 Å². The fourth-order valence-corrected chi connectivity index (χ4v) is 4.97. The van der Waals surface area contributed by atoms with E-state index in [1.807, 2.05) is 0 Å². The summed E-state index contributed by atoms with van der Waals surface area (Å²) in [5.41, 5.74) is 0.884. The van der Waals surface area contributed by atoms with E-state index in [1.165, 1.54) is 12.1 Å². The number of nitrogens with zero attached hydrogens (tertiary/aromatic N) is 2. The van der Waals surface area contributed by atoms with Gasteiger partial charge in [0, 0.05) is 0 Å². The fraction of sp³-hybridized carbons (Fsp3) is 0.150. The number of hydrogen-bond donors (Lipinski definition) is 1. The number of ketones is 2. The third kappa shape index (κ3) is 2.78. The van der Waals surface area contributed by atoms with Crippen LogP contribution in [0.25, 0.3) is 0 Å². The molecule has 2 aliphatic rings. The van der Waals surface area contributed by atoms with E-state index in [9.17, 15) is 23.1 Å². The third-order valence-corrected chi connectivity index (χ3v) is 6.48. The average molecular weight is 396 g/mol. The lowest BCUT2D eigenvalue weighted by atomic mass is 9.79. The van der Waals surface area contributed by atoms with Crippen LogP contribution in [-0.2, 0) is 19.6 Å². The van der Waals surface area contributed by atoms with Crippen molar-refractivity contribution in [1.82, 2.24) is 4.41 Å². The summed E-state index contributed by atoms with van der Waals surface area (Å²) in [7, 11) is -4.10. The van der Waals surface area contributed by atoms with Crippen molar-refractivity contribution >= 4 is 27.3 Å². The van der Waals surface area contributed by atoms with Crippen LogP contribution in [0.3, 0.4) is 0 Å². The fourth-order valence-electron chi connectivity index (χ4n) is 3.50. The summed E-state index contributed by atoms with van der Waals surface area (Å²) >= 11 is 0. The van der Waals surface area contributed by atoms with E-state index in [-0.39, 0.29) is 16.2 Å². The Morgan fingerprint density at radius 2 is 1.57 bits per heavy atom. The lowest BCUT2D eigenvalue weighted by Gasteiger charge is -2.30. The van der Waals surface area contributed by atoms with Gasteiger partial charge in [0.25, 0.3) is 10.0 Å². The summed E-state index contributed by atoms with van der Waals surface area (Å²) in [5, 5.41) is 14.0. The molecule has 142 valence electrons. The van der Waals surface area contributed by atoms with E-state index in [1.54, 1.807) is 48.5 Å². The first-order valence-electron chi connectivity index (χ1n) is 8.58. The highest BCUT2D eigenvalue weighted by Gasteiger charge is 2.52. The van der Waals surface area contributed by atoms with E-state index in [0.29, 0.717) is 5.56 Å². The van der Waals surface area contributed by atoms with Gasteiger partial charge in [-0.1, -0.05) is 48.5 Å². The van der Waals surface area contributed by atoms with Crippen molar-refractivity contribution in [3.8, 4) is 0 Å². The Hall–Kier alpha value is -3.10. The molecule has 0 amide bonds. The van der Waals surface area contributed by atoms with Crippen LogP contribution in [0.4, 0.5) is 0 Å². The zero-order chi connectivity index (χ0) is 19.9.